The van der Waals surface area contributed by atoms with Crippen LogP contribution >= 0.6 is 12.4 Å². The number of nitrogens with zero attached hydrogens (tertiary/aromatic N) is 1. The largest absolute Gasteiger partial charge is 0.417 e. The molecule has 0 aliphatic carbocycles. The Bertz CT molecular complexity index is 760. The molecule has 2 atom stereocenters. The average molecular weight is 496 g/mol. The van der Waals surface area contributed by atoms with Gasteiger partial charge in [-0.1, -0.05) is 44.2 Å². The van der Waals surface area contributed by atoms with Gasteiger partial charge in [0.05, 0.1) is 0 Å². The number of hydrogen-bond donors (Lipinski definition) is 2. The fourth-order valence-corrected chi connectivity index (χ4v) is 4.23. The molecule has 1 saturated heterocycles. The van der Waals surface area contributed by atoms with Crippen LogP contribution in [0.3, 0.4) is 0 Å². The molecule has 2 amide bonds. The van der Waals surface area contributed by atoms with E-state index >= 15 is 0 Å². The zero-order valence-electron chi connectivity index (χ0n) is 21.0. The zero-order chi connectivity index (χ0) is 24.1. The second-order valence-electron chi connectivity index (χ2n) is 9.09. The van der Waals surface area contributed by atoms with Crippen molar-refractivity contribution in [3.8, 4) is 5.75 Å². The second-order valence-corrected chi connectivity index (χ2v) is 9.09. The van der Waals surface area contributed by atoms with Crippen LogP contribution in [0, 0.1) is 11.8 Å². The molecule has 7 nitrogen and oxygen atoms in total. The summed E-state index contributed by atoms with van der Waals surface area (Å²) in [5.74, 6) is 1.38. The van der Waals surface area contributed by atoms with E-state index in [2.05, 4.69) is 36.6 Å². The molecule has 2 unspecified atom stereocenters. The molecule has 8 heteroatoms. The topological polar surface area (TPSA) is 79.9 Å². The molecule has 1 aliphatic heterocycles. The minimum absolute atomic E-state index is 0. The van der Waals surface area contributed by atoms with Gasteiger partial charge in [-0.25, -0.2) is 4.79 Å². The van der Waals surface area contributed by atoms with Gasteiger partial charge in [0, 0.05) is 39.6 Å². The number of likely N-dealkylation sites (tertiary alicyclic amines) is 1. The first-order chi connectivity index (χ1) is 15.9. The highest BCUT2D eigenvalue weighted by Crippen LogP contribution is 2.33. The number of nitrogens with one attached hydrogen (secondary N) is 2. The van der Waals surface area contributed by atoms with Crippen LogP contribution in [0.1, 0.15) is 52.4 Å². The second kappa shape index (κ2) is 15.7. The Morgan fingerprint density at radius 1 is 1.24 bits per heavy atom. The van der Waals surface area contributed by atoms with Gasteiger partial charge in [0.15, 0.2) is 5.72 Å². The maximum atomic E-state index is 12.9. The quantitative estimate of drug-likeness (QED) is 0.322. The molecular weight excluding hydrogens is 454 g/mol. The monoisotopic (exact) mass is 495 g/mol. The summed E-state index contributed by atoms with van der Waals surface area (Å²) < 4.78 is 11.5. The molecule has 1 aliphatic rings. The Labute approximate surface area is 211 Å². The van der Waals surface area contributed by atoms with Gasteiger partial charge in [0.25, 0.3) is 0 Å². The molecule has 1 heterocycles. The lowest BCUT2D eigenvalue weighted by Gasteiger charge is -2.47. The van der Waals surface area contributed by atoms with Crippen LogP contribution in [-0.2, 0) is 9.53 Å². The number of ether oxygens (including phenoxy) is 2. The smallest absolute Gasteiger partial charge is 0.410 e. The maximum absolute atomic E-state index is 12.9. The van der Waals surface area contributed by atoms with E-state index in [1.165, 1.54) is 0 Å². The molecule has 192 valence electrons. The zero-order valence-corrected chi connectivity index (χ0v) is 21.9. The lowest BCUT2D eigenvalue weighted by atomic mass is 9.87. The molecule has 0 spiro atoms. The van der Waals surface area contributed by atoms with E-state index in [-0.39, 0.29) is 24.2 Å². The summed E-state index contributed by atoms with van der Waals surface area (Å²) in [6.07, 6.45) is 8.85. The number of piperidine rings is 1. The number of unbranched alkanes of at least 4 members (excludes halogenated alkanes) is 2. The van der Waals surface area contributed by atoms with Crippen LogP contribution in [0.4, 0.5) is 4.79 Å². The predicted molar refractivity (Wildman–Crippen MR) is 138 cm³/mol. The lowest BCUT2D eigenvalue weighted by Crippen LogP contribution is -2.63. The van der Waals surface area contributed by atoms with E-state index < -0.39 is 11.8 Å². The summed E-state index contributed by atoms with van der Waals surface area (Å²) in [6.45, 7) is 5.89. The van der Waals surface area contributed by atoms with Crippen molar-refractivity contribution >= 4 is 24.4 Å². The highest BCUT2D eigenvalue weighted by Gasteiger charge is 2.45. The van der Waals surface area contributed by atoms with Crippen LogP contribution in [0.2, 0.25) is 0 Å². The van der Waals surface area contributed by atoms with Crippen LogP contribution in [0.25, 0.3) is 0 Å². The van der Waals surface area contributed by atoms with Crippen LogP contribution in [-0.4, -0.2) is 56.4 Å². The number of likely N-dealkylation sites (N-methyl/N-ethyl adjacent to an activating group) is 1. The van der Waals surface area contributed by atoms with E-state index in [4.69, 9.17) is 9.47 Å². The summed E-state index contributed by atoms with van der Waals surface area (Å²) in [5, 5.41) is 6.23. The molecule has 2 rings (SSSR count). The Kier molecular flexibility index (Phi) is 13.9. The number of hydrogen-bond acceptors (Lipinski definition) is 5. The Morgan fingerprint density at radius 3 is 2.62 bits per heavy atom. The Balaban J connectivity index is 0.00000578. The van der Waals surface area contributed by atoms with Gasteiger partial charge in [0.1, 0.15) is 5.75 Å². The highest BCUT2D eigenvalue weighted by atomic mass is 35.5. The van der Waals surface area contributed by atoms with Gasteiger partial charge in [-0.05, 0) is 56.7 Å². The van der Waals surface area contributed by atoms with E-state index in [1.54, 1.807) is 24.1 Å². The first kappa shape index (κ1) is 29.9. The summed E-state index contributed by atoms with van der Waals surface area (Å²) >= 11 is 0. The summed E-state index contributed by atoms with van der Waals surface area (Å²) in [7, 11) is 3.46. The Morgan fingerprint density at radius 2 is 1.97 bits per heavy atom. The van der Waals surface area contributed by atoms with Crippen molar-refractivity contribution in [3.63, 3.8) is 0 Å². The molecule has 0 aromatic heterocycles. The molecule has 1 fully saturated rings. The minimum atomic E-state index is -0.822. The fraction of sp³-hybridized carbons (Fsp3) is 0.615. The van der Waals surface area contributed by atoms with E-state index in [1.807, 2.05) is 25.2 Å². The minimum Gasteiger partial charge on any atom is -0.410 e. The fourth-order valence-electron chi connectivity index (χ4n) is 4.23. The van der Waals surface area contributed by atoms with E-state index in [0.29, 0.717) is 44.1 Å². The summed E-state index contributed by atoms with van der Waals surface area (Å²) in [4.78, 5) is 26.9. The SMILES string of the molecule is CNCC1(OC)CC(CNC(=O)CCCC/C=C/C(C)C)CCN1C(=O)Oc1ccccc1.Cl. The number of para-hydroxylation sites is 1. The standard InChI is InChI=1S/C26H41N3O4.ClH/c1-21(2)12-8-5-6-11-15-24(30)28-19-22-16-17-29(26(18-22,32-4)20-27-3)25(31)33-23-13-9-7-10-14-23;/h7-10,12-14,21-22,27H,5-6,11,15-20H2,1-4H3,(H,28,30);1H/b12-8+;. The van der Waals surface area contributed by atoms with Crippen molar-refractivity contribution in [2.45, 2.75) is 58.1 Å². The van der Waals surface area contributed by atoms with Crippen LogP contribution in [0.15, 0.2) is 42.5 Å². The number of allylic oxidation sites excluding steroid dienone is 2. The summed E-state index contributed by atoms with van der Waals surface area (Å²) in [5.41, 5.74) is -0.822. The number of benzene rings is 1. The number of rotatable bonds is 12. The number of carbonyl (C=O) groups excluding carboxylic acids is 2. The molecule has 0 saturated carbocycles. The highest BCUT2D eigenvalue weighted by molar-refractivity contribution is 5.85. The molecule has 34 heavy (non-hydrogen) atoms. The normalized spacial score (nSPS) is 20.3. The van der Waals surface area contributed by atoms with Gasteiger partial charge in [-0.2, -0.15) is 0 Å². The molecule has 0 bridgehead atoms. The molecule has 0 radical (unpaired) electrons. The molecular formula is C26H42ClN3O4. The van der Waals surface area contributed by atoms with Crippen LogP contribution in [0.5, 0.6) is 5.75 Å². The predicted octanol–water partition coefficient (Wildman–Crippen LogP) is 4.77. The third-order valence-electron chi connectivity index (χ3n) is 6.00. The number of halogens is 1. The van der Waals surface area contributed by atoms with Crippen molar-refractivity contribution in [2.24, 2.45) is 11.8 Å². The average Bonchev–Trinajstić information content (AvgIpc) is 2.80. The molecule has 1 aromatic rings. The van der Waals surface area contributed by atoms with Gasteiger partial charge < -0.3 is 20.1 Å². The first-order valence-electron chi connectivity index (χ1n) is 12.1. The molecule has 1 aromatic carbocycles. The van der Waals surface area contributed by atoms with Crippen molar-refractivity contribution in [3.05, 3.63) is 42.5 Å². The van der Waals surface area contributed by atoms with Gasteiger partial charge in [-0.15, -0.1) is 12.4 Å². The Hall–Kier alpha value is -2.09. The van der Waals surface area contributed by atoms with Crippen molar-refractivity contribution < 1.29 is 19.1 Å². The summed E-state index contributed by atoms with van der Waals surface area (Å²) in [6, 6.07) is 9.05. The van der Waals surface area contributed by atoms with Gasteiger partial charge >= 0.3 is 6.09 Å². The van der Waals surface area contributed by atoms with E-state index in [9.17, 15) is 9.59 Å². The number of carbonyl (C=O) groups is 2. The first-order valence-corrected chi connectivity index (χ1v) is 12.1. The lowest BCUT2D eigenvalue weighted by molar-refractivity contribution is -0.148. The molecule has 2 N–H and O–H groups in total. The number of amides is 2. The number of methoxy groups -OCH3 is 1. The van der Waals surface area contributed by atoms with Crippen molar-refractivity contribution in [1.82, 2.24) is 15.5 Å². The third kappa shape index (κ3) is 9.65. The maximum Gasteiger partial charge on any atom is 0.417 e. The third-order valence-corrected chi connectivity index (χ3v) is 6.00. The van der Waals surface area contributed by atoms with Crippen LogP contribution < -0.4 is 15.4 Å². The van der Waals surface area contributed by atoms with E-state index in [0.717, 1.165) is 25.7 Å². The van der Waals surface area contributed by atoms with Gasteiger partial charge in [-0.3, -0.25) is 9.69 Å². The van der Waals surface area contributed by atoms with Crippen molar-refractivity contribution in [1.29, 1.82) is 0 Å². The van der Waals surface area contributed by atoms with Crippen molar-refractivity contribution in [2.75, 3.05) is 33.8 Å². The van der Waals surface area contributed by atoms with Gasteiger partial charge in [0.2, 0.25) is 5.91 Å².